The maximum Gasteiger partial charge on any atom is 0.221 e. The maximum absolute atomic E-state index is 11.4. The number of nitrogens with zero attached hydrogens (tertiary/aromatic N) is 3. The zero-order valence-electron chi connectivity index (χ0n) is 21.0. The van der Waals surface area contributed by atoms with Crippen LogP contribution in [-0.2, 0) is 11.3 Å². The minimum absolute atomic E-state index is 0.0259. The molecule has 0 radical (unpaired) electrons. The Balaban J connectivity index is 1.23. The number of hydrogen-bond donors (Lipinski definition) is 1. The fraction of sp³-hybridized carbons (Fsp3) is 0.333. The van der Waals surface area contributed by atoms with E-state index < -0.39 is 0 Å². The van der Waals surface area contributed by atoms with Crippen molar-refractivity contribution in [3.8, 4) is 11.4 Å². The molecule has 1 saturated heterocycles. The third-order valence-electron chi connectivity index (χ3n) is 7.13. The molecule has 0 bridgehead atoms. The monoisotopic (exact) mass is 500 g/mol. The van der Waals surface area contributed by atoms with E-state index >= 15 is 0 Å². The fourth-order valence-corrected chi connectivity index (χ4v) is 5.42. The first-order valence-electron chi connectivity index (χ1n) is 12.8. The van der Waals surface area contributed by atoms with Gasteiger partial charge in [-0.15, -0.1) is 0 Å². The number of halogens is 1. The van der Waals surface area contributed by atoms with Gasteiger partial charge >= 0.3 is 0 Å². The molecule has 1 aliphatic heterocycles. The highest BCUT2D eigenvalue weighted by molar-refractivity contribution is 6.30. The number of aromatic nitrogens is 2. The molecule has 1 aromatic heterocycles. The Morgan fingerprint density at radius 1 is 1.03 bits per heavy atom. The zero-order valence-corrected chi connectivity index (χ0v) is 21.8. The van der Waals surface area contributed by atoms with Crippen LogP contribution in [0.25, 0.3) is 22.4 Å². The normalized spacial score (nSPS) is 14.9. The van der Waals surface area contributed by atoms with Crippen LogP contribution in [0.3, 0.4) is 0 Å². The van der Waals surface area contributed by atoms with Crippen molar-refractivity contribution in [2.45, 2.75) is 45.6 Å². The Hall–Kier alpha value is -3.15. The molecule has 0 spiro atoms. The number of fused-ring (bicyclic) bond motifs is 1. The fourth-order valence-electron chi connectivity index (χ4n) is 5.29. The lowest BCUT2D eigenvalue weighted by Crippen LogP contribution is -2.34. The highest BCUT2D eigenvalue weighted by atomic mass is 35.5. The van der Waals surface area contributed by atoms with Crippen molar-refractivity contribution in [1.29, 1.82) is 0 Å². The molecule has 0 saturated carbocycles. The molecular formula is C30H33ClN4O. The third kappa shape index (κ3) is 5.63. The smallest absolute Gasteiger partial charge is 0.221 e. The molecule has 6 heteroatoms. The average Bonchev–Trinajstić information content (AvgIpc) is 3.22. The molecule has 2 heterocycles. The number of imidazole rings is 1. The van der Waals surface area contributed by atoms with E-state index in [9.17, 15) is 4.79 Å². The average molecular weight is 501 g/mol. The van der Waals surface area contributed by atoms with Crippen LogP contribution >= 0.6 is 11.6 Å². The Morgan fingerprint density at radius 2 is 1.81 bits per heavy atom. The van der Waals surface area contributed by atoms with Crippen molar-refractivity contribution in [3.05, 3.63) is 82.9 Å². The largest absolute Gasteiger partial charge is 0.326 e. The van der Waals surface area contributed by atoms with Crippen LogP contribution in [0.4, 0.5) is 5.69 Å². The lowest BCUT2D eigenvalue weighted by atomic mass is 9.89. The molecule has 0 atom stereocenters. The van der Waals surface area contributed by atoms with Crippen molar-refractivity contribution in [2.24, 2.45) is 0 Å². The summed E-state index contributed by atoms with van der Waals surface area (Å²) in [7, 11) is 0. The van der Waals surface area contributed by atoms with Gasteiger partial charge in [0.1, 0.15) is 5.82 Å². The highest BCUT2D eigenvalue weighted by Crippen LogP contribution is 2.30. The summed E-state index contributed by atoms with van der Waals surface area (Å²) in [5, 5.41) is 3.64. The minimum atomic E-state index is -0.0259. The Bertz CT molecular complexity index is 1350. The summed E-state index contributed by atoms with van der Waals surface area (Å²) >= 11 is 6.14. The summed E-state index contributed by atoms with van der Waals surface area (Å²) in [5.41, 5.74) is 6.78. The first-order chi connectivity index (χ1) is 17.5. The number of hydrogen-bond acceptors (Lipinski definition) is 3. The number of aryl methyl sites for hydroxylation is 2. The van der Waals surface area contributed by atoms with E-state index in [4.69, 9.17) is 16.6 Å². The topological polar surface area (TPSA) is 50.2 Å². The van der Waals surface area contributed by atoms with Gasteiger partial charge < -0.3 is 14.8 Å². The van der Waals surface area contributed by atoms with E-state index in [1.165, 1.54) is 16.6 Å². The molecule has 4 aromatic rings. The zero-order chi connectivity index (χ0) is 25.1. The van der Waals surface area contributed by atoms with E-state index in [1.54, 1.807) is 6.92 Å². The molecule has 36 heavy (non-hydrogen) atoms. The number of amides is 1. The molecule has 1 aliphatic rings. The molecule has 0 unspecified atom stereocenters. The highest BCUT2D eigenvalue weighted by Gasteiger charge is 2.21. The van der Waals surface area contributed by atoms with E-state index in [0.717, 1.165) is 73.1 Å². The number of likely N-dealkylation sites (tertiary alicyclic amines) is 1. The predicted octanol–water partition coefficient (Wildman–Crippen LogP) is 6.89. The second kappa shape index (κ2) is 10.9. The molecule has 0 aliphatic carbocycles. The van der Waals surface area contributed by atoms with Crippen LogP contribution in [-0.4, -0.2) is 40.0 Å². The molecule has 5 rings (SSSR count). The van der Waals surface area contributed by atoms with Gasteiger partial charge in [-0.1, -0.05) is 29.8 Å². The number of rotatable bonds is 7. The third-order valence-corrected chi connectivity index (χ3v) is 7.38. The van der Waals surface area contributed by atoms with Gasteiger partial charge in [0.05, 0.1) is 11.0 Å². The van der Waals surface area contributed by atoms with Crippen molar-refractivity contribution in [1.82, 2.24) is 14.5 Å². The number of anilines is 1. The van der Waals surface area contributed by atoms with Crippen LogP contribution in [0, 0.1) is 6.92 Å². The van der Waals surface area contributed by atoms with Crippen molar-refractivity contribution in [3.63, 3.8) is 0 Å². The second-order valence-electron chi connectivity index (χ2n) is 9.86. The molecule has 3 aromatic carbocycles. The summed E-state index contributed by atoms with van der Waals surface area (Å²) in [6.07, 6.45) is 3.36. The van der Waals surface area contributed by atoms with Crippen molar-refractivity contribution in [2.75, 3.05) is 25.0 Å². The van der Waals surface area contributed by atoms with E-state index in [2.05, 4.69) is 64.2 Å². The van der Waals surface area contributed by atoms with Crippen LogP contribution in [0.1, 0.15) is 43.2 Å². The maximum atomic E-state index is 11.4. The number of carbonyl (C=O) groups excluding carboxylic acids is 1. The minimum Gasteiger partial charge on any atom is -0.326 e. The van der Waals surface area contributed by atoms with E-state index in [1.807, 2.05) is 24.3 Å². The lowest BCUT2D eigenvalue weighted by molar-refractivity contribution is -0.114. The molecule has 5 nitrogen and oxygen atoms in total. The molecule has 186 valence electrons. The number of nitrogens with one attached hydrogen (secondary N) is 1. The van der Waals surface area contributed by atoms with Crippen LogP contribution in [0.2, 0.25) is 5.02 Å². The van der Waals surface area contributed by atoms with Gasteiger partial charge in [0, 0.05) is 29.7 Å². The van der Waals surface area contributed by atoms with Gasteiger partial charge in [-0.2, -0.15) is 0 Å². The quantitative estimate of drug-likeness (QED) is 0.300. The molecule has 1 amide bonds. The summed E-state index contributed by atoms with van der Waals surface area (Å²) in [5.74, 6) is 1.53. The SMILES string of the molecule is CC(=O)Nc1cccc(C2CCN(CCCn3c(-c4ccc(Cl)cc4)nc4ccc(C)cc43)CC2)c1. The van der Waals surface area contributed by atoms with Crippen molar-refractivity contribution >= 4 is 34.2 Å². The van der Waals surface area contributed by atoms with E-state index in [0.29, 0.717) is 5.92 Å². The van der Waals surface area contributed by atoms with Crippen LogP contribution in [0.15, 0.2) is 66.7 Å². The van der Waals surface area contributed by atoms with Gasteiger partial charge in [-0.05, 0) is 111 Å². The van der Waals surface area contributed by atoms with Crippen LogP contribution in [0.5, 0.6) is 0 Å². The summed E-state index contributed by atoms with van der Waals surface area (Å²) in [6, 6.07) is 22.8. The standard InChI is InChI=1S/C30H33ClN4O/c1-21-7-12-28-29(19-21)35(30(33-28)24-8-10-26(31)11-9-24)16-4-15-34-17-13-23(14-18-34)25-5-3-6-27(20-25)32-22(2)36/h3,5-12,19-20,23H,4,13-18H2,1-2H3,(H,32,36). The Morgan fingerprint density at radius 3 is 2.56 bits per heavy atom. The Labute approximate surface area is 218 Å². The molecule has 1 N–H and O–H groups in total. The van der Waals surface area contributed by atoms with Gasteiger partial charge in [0.15, 0.2) is 0 Å². The Kier molecular flexibility index (Phi) is 7.40. The lowest BCUT2D eigenvalue weighted by Gasteiger charge is -2.32. The number of benzene rings is 3. The van der Waals surface area contributed by atoms with Gasteiger partial charge in [0.25, 0.3) is 0 Å². The van der Waals surface area contributed by atoms with E-state index in [-0.39, 0.29) is 5.91 Å². The van der Waals surface area contributed by atoms with Gasteiger partial charge in [-0.3, -0.25) is 4.79 Å². The first kappa shape index (κ1) is 24.5. The summed E-state index contributed by atoms with van der Waals surface area (Å²) in [4.78, 5) is 19.0. The van der Waals surface area contributed by atoms with Crippen molar-refractivity contribution < 1.29 is 4.79 Å². The molecule has 1 fully saturated rings. The molecular weight excluding hydrogens is 468 g/mol. The summed E-state index contributed by atoms with van der Waals surface area (Å²) < 4.78 is 2.37. The second-order valence-corrected chi connectivity index (χ2v) is 10.3. The number of piperidine rings is 1. The van der Waals surface area contributed by atoms with Gasteiger partial charge in [0.2, 0.25) is 5.91 Å². The van der Waals surface area contributed by atoms with Crippen LogP contribution < -0.4 is 5.32 Å². The number of carbonyl (C=O) groups is 1. The predicted molar refractivity (Wildman–Crippen MR) is 149 cm³/mol. The first-order valence-corrected chi connectivity index (χ1v) is 13.2. The van der Waals surface area contributed by atoms with Gasteiger partial charge in [-0.25, -0.2) is 4.98 Å². The summed E-state index contributed by atoms with van der Waals surface area (Å²) in [6.45, 7) is 7.89.